The summed E-state index contributed by atoms with van der Waals surface area (Å²) in [6.45, 7) is 3.83. The van der Waals surface area contributed by atoms with Crippen LogP contribution in [-0.2, 0) is 9.59 Å². The highest BCUT2D eigenvalue weighted by Crippen LogP contribution is 2.30. The van der Waals surface area contributed by atoms with Gasteiger partial charge in [-0.3, -0.25) is 9.59 Å². The van der Waals surface area contributed by atoms with Crippen LogP contribution in [0.4, 0.5) is 0 Å². The van der Waals surface area contributed by atoms with Crippen molar-refractivity contribution in [1.29, 1.82) is 0 Å². The Bertz CT molecular complexity index is 599. The fourth-order valence-corrected chi connectivity index (χ4v) is 3.91. The summed E-state index contributed by atoms with van der Waals surface area (Å²) in [4.78, 5) is 37.6. The molecule has 120 valence electrons. The number of carbonyl (C=O) groups is 3. The minimum absolute atomic E-state index is 0.0300. The molecule has 1 aliphatic rings. The second kappa shape index (κ2) is 6.60. The van der Waals surface area contributed by atoms with Gasteiger partial charge in [0.1, 0.15) is 5.54 Å². The molecule has 0 aliphatic heterocycles. The van der Waals surface area contributed by atoms with Gasteiger partial charge in [0, 0.05) is 28.2 Å². The monoisotopic (exact) mass is 323 g/mol. The zero-order valence-corrected chi connectivity index (χ0v) is 13.7. The van der Waals surface area contributed by atoms with E-state index in [0.29, 0.717) is 18.4 Å². The Morgan fingerprint density at radius 3 is 2.36 bits per heavy atom. The predicted molar refractivity (Wildman–Crippen MR) is 84.3 cm³/mol. The van der Waals surface area contributed by atoms with Crippen molar-refractivity contribution in [1.82, 2.24) is 5.32 Å². The zero-order valence-electron chi connectivity index (χ0n) is 12.9. The lowest BCUT2D eigenvalue weighted by Gasteiger charge is -2.25. The molecule has 0 unspecified atom stereocenters. The first kappa shape index (κ1) is 16.7. The van der Waals surface area contributed by atoms with Crippen LogP contribution < -0.4 is 5.32 Å². The summed E-state index contributed by atoms with van der Waals surface area (Å²) >= 11 is 1.56. The molecule has 5 nitrogen and oxygen atoms in total. The molecule has 1 saturated carbocycles. The van der Waals surface area contributed by atoms with Gasteiger partial charge in [-0.05, 0) is 32.8 Å². The van der Waals surface area contributed by atoms with E-state index in [1.54, 1.807) is 11.3 Å². The summed E-state index contributed by atoms with van der Waals surface area (Å²) in [7, 11) is 0. The first-order chi connectivity index (χ1) is 10.3. The molecule has 1 heterocycles. The second-order valence-electron chi connectivity index (χ2n) is 5.89. The van der Waals surface area contributed by atoms with E-state index in [2.05, 4.69) is 5.32 Å². The third kappa shape index (κ3) is 3.55. The number of thiophene rings is 1. The molecule has 1 fully saturated rings. The van der Waals surface area contributed by atoms with E-state index in [1.807, 2.05) is 19.9 Å². The molecule has 0 atom stereocenters. The van der Waals surface area contributed by atoms with E-state index < -0.39 is 11.5 Å². The minimum atomic E-state index is -1.13. The summed E-state index contributed by atoms with van der Waals surface area (Å²) in [5.41, 5.74) is -0.459. The molecule has 6 heteroatoms. The summed E-state index contributed by atoms with van der Waals surface area (Å²) < 4.78 is 0. The molecule has 1 aromatic rings. The Morgan fingerprint density at radius 1 is 1.23 bits per heavy atom. The van der Waals surface area contributed by atoms with Crippen molar-refractivity contribution >= 4 is 29.0 Å². The number of aryl methyl sites for hydroxylation is 2. The number of carboxylic acids is 1. The van der Waals surface area contributed by atoms with Gasteiger partial charge in [0.05, 0.1) is 0 Å². The normalized spacial score (nSPS) is 16.5. The van der Waals surface area contributed by atoms with E-state index >= 15 is 0 Å². The second-order valence-corrected chi connectivity index (χ2v) is 7.35. The van der Waals surface area contributed by atoms with E-state index in [-0.39, 0.29) is 24.5 Å². The lowest BCUT2D eigenvalue weighted by atomic mass is 9.97. The number of amides is 1. The topological polar surface area (TPSA) is 83.5 Å². The van der Waals surface area contributed by atoms with Crippen molar-refractivity contribution in [2.24, 2.45) is 0 Å². The third-order valence-electron chi connectivity index (χ3n) is 4.17. The van der Waals surface area contributed by atoms with Crippen LogP contribution in [0.25, 0.3) is 0 Å². The number of hydrogen-bond acceptors (Lipinski definition) is 4. The van der Waals surface area contributed by atoms with Crippen molar-refractivity contribution in [2.45, 2.75) is 57.9 Å². The van der Waals surface area contributed by atoms with Crippen LogP contribution in [0.2, 0.25) is 0 Å². The lowest BCUT2D eigenvalue weighted by Crippen LogP contribution is -2.52. The van der Waals surface area contributed by atoms with Gasteiger partial charge in [-0.1, -0.05) is 12.8 Å². The number of hydrogen-bond donors (Lipinski definition) is 2. The molecule has 1 aromatic heterocycles. The standard InChI is InChI=1S/C16H21NO4S/c1-10-9-12(11(2)22-10)13(18)5-6-14(19)17-16(15(20)21)7-3-4-8-16/h9H,3-8H2,1-2H3,(H,17,19)(H,20,21). The Balaban J connectivity index is 1.91. The lowest BCUT2D eigenvalue weighted by molar-refractivity contribution is -0.147. The summed E-state index contributed by atoms with van der Waals surface area (Å²) in [5, 5.41) is 12.0. The fraction of sp³-hybridized carbons (Fsp3) is 0.562. The Hall–Kier alpha value is -1.69. The van der Waals surface area contributed by atoms with Gasteiger partial charge in [-0.2, -0.15) is 0 Å². The maximum atomic E-state index is 12.1. The van der Waals surface area contributed by atoms with E-state index in [9.17, 15) is 19.5 Å². The van der Waals surface area contributed by atoms with Crippen LogP contribution >= 0.6 is 11.3 Å². The van der Waals surface area contributed by atoms with Gasteiger partial charge in [0.25, 0.3) is 0 Å². The first-order valence-corrected chi connectivity index (χ1v) is 8.30. The largest absolute Gasteiger partial charge is 0.480 e. The van der Waals surface area contributed by atoms with Gasteiger partial charge in [0.15, 0.2) is 5.78 Å². The van der Waals surface area contributed by atoms with Crippen molar-refractivity contribution in [3.63, 3.8) is 0 Å². The molecule has 2 rings (SSSR count). The molecule has 1 amide bonds. The van der Waals surface area contributed by atoms with Crippen molar-refractivity contribution in [3.05, 3.63) is 21.4 Å². The average Bonchev–Trinajstić information content (AvgIpc) is 3.03. The number of carbonyl (C=O) groups excluding carboxylic acids is 2. The molecular formula is C16H21NO4S. The molecule has 0 radical (unpaired) electrons. The van der Waals surface area contributed by atoms with Crippen molar-refractivity contribution in [3.8, 4) is 0 Å². The molecule has 0 spiro atoms. The van der Waals surface area contributed by atoms with Gasteiger partial charge in [0.2, 0.25) is 5.91 Å². The number of aliphatic carboxylic acids is 1. The quantitative estimate of drug-likeness (QED) is 0.789. The van der Waals surface area contributed by atoms with Crippen molar-refractivity contribution < 1.29 is 19.5 Å². The summed E-state index contributed by atoms with van der Waals surface area (Å²) in [5.74, 6) is -1.40. The van der Waals surface area contributed by atoms with Gasteiger partial charge < -0.3 is 10.4 Å². The van der Waals surface area contributed by atoms with Crippen LogP contribution in [0.15, 0.2) is 6.07 Å². The fourth-order valence-electron chi connectivity index (χ4n) is 2.97. The average molecular weight is 323 g/mol. The number of carboxylic acid groups (broad SMARTS) is 1. The Kier molecular flexibility index (Phi) is 5.01. The van der Waals surface area contributed by atoms with Crippen LogP contribution in [0.3, 0.4) is 0 Å². The van der Waals surface area contributed by atoms with E-state index in [0.717, 1.165) is 22.6 Å². The summed E-state index contributed by atoms with van der Waals surface area (Å²) in [6, 6.07) is 1.84. The van der Waals surface area contributed by atoms with Crippen LogP contribution in [0, 0.1) is 13.8 Å². The Labute approximate surface area is 133 Å². The minimum Gasteiger partial charge on any atom is -0.480 e. The molecule has 0 aromatic carbocycles. The van der Waals surface area contributed by atoms with Gasteiger partial charge >= 0.3 is 5.97 Å². The SMILES string of the molecule is Cc1cc(C(=O)CCC(=O)NC2(C(=O)O)CCCC2)c(C)s1. The molecule has 22 heavy (non-hydrogen) atoms. The van der Waals surface area contributed by atoms with Crippen LogP contribution in [0.1, 0.15) is 58.6 Å². The van der Waals surface area contributed by atoms with Crippen LogP contribution in [0.5, 0.6) is 0 Å². The smallest absolute Gasteiger partial charge is 0.329 e. The maximum Gasteiger partial charge on any atom is 0.329 e. The number of rotatable bonds is 6. The Morgan fingerprint density at radius 2 is 1.86 bits per heavy atom. The molecular weight excluding hydrogens is 302 g/mol. The van der Waals surface area contributed by atoms with Gasteiger partial charge in [-0.15, -0.1) is 11.3 Å². The maximum absolute atomic E-state index is 12.1. The predicted octanol–water partition coefficient (Wildman–Crippen LogP) is 2.84. The molecule has 2 N–H and O–H groups in total. The third-order valence-corrected chi connectivity index (χ3v) is 5.13. The molecule has 0 bridgehead atoms. The number of nitrogens with one attached hydrogen (secondary N) is 1. The van der Waals surface area contributed by atoms with E-state index in [1.165, 1.54) is 0 Å². The van der Waals surface area contributed by atoms with Gasteiger partial charge in [-0.25, -0.2) is 4.79 Å². The summed E-state index contributed by atoms with van der Waals surface area (Å²) in [6.07, 6.45) is 2.67. The zero-order chi connectivity index (χ0) is 16.3. The highest BCUT2D eigenvalue weighted by Gasteiger charge is 2.42. The highest BCUT2D eigenvalue weighted by molar-refractivity contribution is 7.12. The van der Waals surface area contributed by atoms with Crippen LogP contribution in [-0.4, -0.2) is 28.3 Å². The molecule has 0 saturated heterocycles. The highest BCUT2D eigenvalue weighted by atomic mass is 32.1. The number of ketones is 1. The first-order valence-electron chi connectivity index (χ1n) is 7.49. The van der Waals surface area contributed by atoms with E-state index in [4.69, 9.17) is 0 Å². The van der Waals surface area contributed by atoms with Crippen molar-refractivity contribution in [2.75, 3.05) is 0 Å². The number of Topliss-reactive ketones (excluding diaryl/α,β-unsaturated/α-hetero) is 1. The molecule has 1 aliphatic carbocycles.